The highest BCUT2D eigenvalue weighted by molar-refractivity contribution is 5.22. The van der Waals surface area contributed by atoms with Crippen molar-refractivity contribution in [3.8, 4) is 0 Å². The van der Waals surface area contributed by atoms with Crippen LogP contribution >= 0.6 is 0 Å². The van der Waals surface area contributed by atoms with Gasteiger partial charge in [-0.15, -0.1) is 0 Å². The van der Waals surface area contributed by atoms with E-state index in [1.807, 2.05) is 31.7 Å². The minimum atomic E-state index is -2.99. The molecule has 4 atom stereocenters. The lowest BCUT2D eigenvalue weighted by atomic mass is 9.85. The molecule has 0 rings (SSSR count). The predicted molar refractivity (Wildman–Crippen MR) is 144 cm³/mol. The summed E-state index contributed by atoms with van der Waals surface area (Å²) < 4.78 is 54.3. The molecule has 11 heteroatoms. The highest BCUT2D eigenvalue weighted by Crippen LogP contribution is 2.27. The first-order chi connectivity index (χ1) is 17.2. The fourth-order valence-electron chi connectivity index (χ4n) is 4.13. The van der Waals surface area contributed by atoms with Crippen molar-refractivity contribution >= 4 is 0 Å². The van der Waals surface area contributed by atoms with Gasteiger partial charge in [-0.25, -0.2) is 9.51 Å². The maximum absolute atomic E-state index is 15.0. The first-order valence-electron chi connectivity index (χ1n) is 12.6. The van der Waals surface area contributed by atoms with Crippen LogP contribution in [0.15, 0.2) is 47.6 Å². The lowest BCUT2D eigenvalue weighted by Crippen LogP contribution is -2.47. The Balaban J connectivity index is 5.44. The third-order valence-electron chi connectivity index (χ3n) is 6.05. The summed E-state index contributed by atoms with van der Waals surface area (Å²) in [7, 11) is 5.06. The second-order valence-electron chi connectivity index (χ2n) is 9.31. The number of hydrogen-bond acceptors (Lipinski definition) is 7. The molecule has 0 aromatic rings. The van der Waals surface area contributed by atoms with Crippen LogP contribution in [0, 0.1) is 11.8 Å². The Morgan fingerprint density at radius 2 is 1.73 bits per heavy atom. The molecule has 0 spiro atoms. The van der Waals surface area contributed by atoms with Gasteiger partial charge in [-0.3, -0.25) is 10.2 Å². The maximum atomic E-state index is 15.0. The summed E-state index contributed by atoms with van der Waals surface area (Å²) in [4.78, 5) is 1.84. The van der Waals surface area contributed by atoms with Gasteiger partial charge in [0, 0.05) is 64.5 Å². The summed E-state index contributed by atoms with van der Waals surface area (Å²) in [5, 5.41) is 22.4. The lowest BCUT2D eigenvalue weighted by molar-refractivity contribution is -0.0277. The molecule has 37 heavy (non-hydrogen) atoms. The molecule has 0 heterocycles. The van der Waals surface area contributed by atoms with Gasteiger partial charge in [0.15, 0.2) is 0 Å². The molecule has 0 fully saturated rings. The molecule has 0 saturated carbocycles. The molecule has 0 amide bonds. The fourth-order valence-corrected chi connectivity index (χ4v) is 4.13. The molecule has 0 aliphatic carbocycles. The van der Waals surface area contributed by atoms with E-state index in [1.54, 1.807) is 34.3 Å². The third-order valence-corrected chi connectivity index (χ3v) is 6.05. The first kappa shape index (κ1) is 34.8. The number of alkyl halides is 3. The van der Waals surface area contributed by atoms with E-state index >= 15 is 4.48 Å². The number of aliphatic hydroxyl groups excluding tert-OH is 1. The normalized spacial score (nSPS) is 16.8. The number of nitrogens with one attached hydrogen (secondary N) is 4. The average Bonchev–Trinajstić information content (AvgIpc) is 2.82. The van der Waals surface area contributed by atoms with E-state index in [9.17, 15) is 18.3 Å². The second kappa shape index (κ2) is 17.3. The summed E-state index contributed by atoms with van der Waals surface area (Å²) >= 11 is 0. The zero-order valence-corrected chi connectivity index (χ0v) is 23.6. The van der Waals surface area contributed by atoms with E-state index in [0.717, 1.165) is 12.5 Å². The van der Waals surface area contributed by atoms with Crippen LogP contribution in [0.1, 0.15) is 34.6 Å². The smallest absolute Gasteiger partial charge is 0.299 e. The van der Waals surface area contributed by atoms with Crippen molar-refractivity contribution in [3.05, 3.63) is 47.6 Å². The van der Waals surface area contributed by atoms with Gasteiger partial charge in [0.2, 0.25) is 0 Å². The quantitative estimate of drug-likeness (QED) is 0.0983. The van der Waals surface area contributed by atoms with Crippen LogP contribution in [0.5, 0.6) is 0 Å². The highest BCUT2D eigenvalue weighted by atomic mass is 19.3. The molecule has 0 saturated heterocycles. The van der Waals surface area contributed by atoms with Gasteiger partial charge in [0.1, 0.15) is 6.67 Å². The lowest BCUT2D eigenvalue weighted by Gasteiger charge is -2.29. The van der Waals surface area contributed by atoms with Gasteiger partial charge >= 0.3 is 0 Å². The number of rotatable bonds is 19. The molecule has 0 aliphatic rings. The summed E-state index contributed by atoms with van der Waals surface area (Å²) in [6.07, 6.45) is 3.99. The van der Waals surface area contributed by atoms with E-state index in [2.05, 4.69) is 27.8 Å². The van der Waals surface area contributed by atoms with Crippen LogP contribution in [0.25, 0.3) is 0 Å². The number of halogens is 4. The number of hydrogen-bond donors (Lipinski definition) is 5. The Morgan fingerprint density at radius 1 is 1.11 bits per heavy atom. The minimum absolute atomic E-state index is 0.0919. The molecule has 7 nitrogen and oxygen atoms in total. The van der Waals surface area contributed by atoms with E-state index < -0.39 is 24.9 Å². The molecule has 216 valence electrons. The summed E-state index contributed by atoms with van der Waals surface area (Å²) in [6.45, 7) is 12.2. The van der Waals surface area contributed by atoms with E-state index in [4.69, 9.17) is 0 Å². The Kier molecular flexibility index (Phi) is 16.3. The minimum Gasteiger partial charge on any atom is -0.394 e. The van der Waals surface area contributed by atoms with Crippen LogP contribution in [-0.2, 0) is 0 Å². The van der Waals surface area contributed by atoms with Crippen LogP contribution in [0.2, 0.25) is 0 Å². The number of allylic oxidation sites excluding steroid dienone is 2. The number of nitrogens with zero attached hydrogens (tertiary/aromatic N) is 2. The third kappa shape index (κ3) is 13.2. The van der Waals surface area contributed by atoms with Crippen molar-refractivity contribution in [2.75, 3.05) is 54.0 Å². The SMILES string of the molecule is C=C(CN(CC)CC(C)NC(C)(F)F)N(F)C/C(=C/C(C)/C(=C\NC)C(C)C(O)/C(=C\CF)NC)NC. The predicted octanol–water partition coefficient (Wildman–Crippen LogP) is 3.51. The van der Waals surface area contributed by atoms with E-state index in [0.29, 0.717) is 29.6 Å². The zero-order chi connectivity index (χ0) is 28.8. The van der Waals surface area contributed by atoms with Gasteiger partial charge in [-0.2, -0.15) is 8.78 Å². The van der Waals surface area contributed by atoms with Gasteiger partial charge < -0.3 is 21.1 Å². The maximum Gasteiger partial charge on any atom is 0.299 e. The number of aliphatic hydroxyl groups is 1. The van der Waals surface area contributed by atoms with Crippen LogP contribution in [0.3, 0.4) is 0 Å². The average molecular weight is 537 g/mol. The van der Waals surface area contributed by atoms with Crippen molar-refractivity contribution in [2.45, 2.75) is 52.8 Å². The molecular weight excluding hydrogens is 488 g/mol. The summed E-state index contributed by atoms with van der Waals surface area (Å²) in [6, 6.07) is -3.48. The molecular formula is C26H48F4N6O. The molecule has 4 unspecified atom stereocenters. The zero-order valence-electron chi connectivity index (χ0n) is 23.6. The summed E-state index contributed by atoms with van der Waals surface area (Å²) in [5.74, 6) is -0.554. The van der Waals surface area contributed by atoms with Crippen molar-refractivity contribution in [2.24, 2.45) is 11.8 Å². The fraction of sp³-hybridized carbons (Fsp3) is 0.692. The molecule has 5 N–H and O–H groups in total. The first-order valence-corrected chi connectivity index (χ1v) is 12.6. The molecule has 0 radical (unpaired) electrons. The van der Waals surface area contributed by atoms with Crippen LogP contribution < -0.4 is 21.3 Å². The van der Waals surface area contributed by atoms with Gasteiger partial charge in [-0.05, 0) is 37.2 Å². The molecule has 0 aliphatic heterocycles. The Labute approximate surface area is 220 Å². The standard InChI is InChI=1S/C26H48F4N6O/c1-10-35(15-19(3)34-26(6,28)29)16-20(4)36(30)17-22(32-8)13-18(2)23(14-31-7)21(5)25(37)24(33-9)11-12-27/h11,13-14,18-19,21,25,31-34,37H,4,10,12,15-17H2,1-3,5-9H3/b22-13-,23-14+,24-11+. The largest absolute Gasteiger partial charge is 0.394 e. The van der Waals surface area contributed by atoms with Gasteiger partial charge in [0.25, 0.3) is 6.05 Å². The Bertz CT molecular complexity index is 769. The number of likely N-dealkylation sites (N-methyl/N-ethyl adjacent to an activating group) is 3. The van der Waals surface area contributed by atoms with Crippen molar-refractivity contribution in [1.29, 1.82) is 0 Å². The van der Waals surface area contributed by atoms with Crippen molar-refractivity contribution in [3.63, 3.8) is 0 Å². The van der Waals surface area contributed by atoms with Crippen LogP contribution in [-0.4, -0.2) is 87.3 Å². The van der Waals surface area contributed by atoms with Gasteiger partial charge in [0.05, 0.1) is 18.3 Å². The van der Waals surface area contributed by atoms with Crippen LogP contribution in [0.4, 0.5) is 17.7 Å². The topological polar surface area (TPSA) is 74.8 Å². The van der Waals surface area contributed by atoms with Gasteiger partial charge in [-0.1, -0.05) is 37.9 Å². The second-order valence-corrected chi connectivity index (χ2v) is 9.31. The summed E-state index contributed by atoms with van der Waals surface area (Å²) in [5.41, 5.74) is 2.03. The Morgan fingerprint density at radius 3 is 2.19 bits per heavy atom. The monoisotopic (exact) mass is 536 g/mol. The molecule has 0 bridgehead atoms. The van der Waals surface area contributed by atoms with E-state index in [-0.39, 0.29) is 30.6 Å². The van der Waals surface area contributed by atoms with Crippen molar-refractivity contribution in [1.82, 2.24) is 31.3 Å². The Hall–Kier alpha value is -2.24. The van der Waals surface area contributed by atoms with E-state index in [1.165, 1.54) is 6.08 Å². The van der Waals surface area contributed by atoms with Crippen molar-refractivity contribution < 1.29 is 22.8 Å². The highest BCUT2D eigenvalue weighted by Gasteiger charge is 2.26. The molecule has 0 aromatic carbocycles. The molecule has 0 aromatic heterocycles.